The summed E-state index contributed by atoms with van der Waals surface area (Å²) in [6.45, 7) is 6.58. The Balaban J connectivity index is 1.35. The molecule has 0 aliphatic carbocycles. The van der Waals surface area contributed by atoms with Gasteiger partial charge in [0.25, 0.3) is 5.91 Å². The van der Waals surface area contributed by atoms with Crippen molar-refractivity contribution in [3.63, 3.8) is 0 Å². The molecule has 4 heterocycles. The number of aryl methyl sites for hydroxylation is 3. The van der Waals surface area contributed by atoms with Gasteiger partial charge in [0, 0.05) is 56.5 Å². The maximum Gasteiger partial charge on any atom is 0.272 e. The minimum absolute atomic E-state index is 0.0934. The molecule has 1 saturated heterocycles. The molecule has 1 fully saturated rings. The van der Waals surface area contributed by atoms with Crippen LogP contribution in [0.4, 0.5) is 0 Å². The van der Waals surface area contributed by atoms with Gasteiger partial charge >= 0.3 is 0 Å². The standard InChI is InChI=1S/C22H28N6O/c1-16-13-20(26(3)25-16)22(29)27-10-6-18(7-11-27)8-12-28-17(2)14-24-21(28)19-5-4-9-23-15-19/h4-5,9,13-15,18H,6-8,10-12H2,1-3H3. The molecule has 4 rings (SSSR count). The van der Waals surface area contributed by atoms with Crippen LogP contribution in [0.3, 0.4) is 0 Å². The van der Waals surface area contributed by atoms with E-state index in [-0.39, 0.29) is 5.91 Å². The Morgan fingerprint density at radius 3 is 2.66 bits per heavy atom. The predicted octanol–water partition coefficient (Wildman–Crippen LogP) is 3.24. The lowest BCUT2D eigenvalue weighted by Crippen LogP contribution is -2.39. The number of hydrogen-bond donors (Lipinski definition) is 0. The van der Waals surface area contributed by atoms with Crippen LogP contribution in [0.25, 0.3) is 11.4 Å². The zero-order chi connectivity index (χ0) is 20.4. The van der Waals surface area contributed by atoms with Crippen molar-refractivity contribution >= 4 is 5.91 Å². The van der Waals surface area contributed by atoms with E-state index in [1.165, 1.54) is 5.69 Å². The van der Waals surface area contributed by atoms with Crippen LogP contribution in [-0.2, 0) is 13.6 Å². The van der Waals surface area contributed by atoms with E-state index in [1.54, 1.807) is 10.9 Å². The van der Waals surface area contributed by atoms with Gasteiger partial charge in [0.2, 0.25) is 0 Å². The first-order valence-corrected chi connectivity index (χ1v) is 10.3. The zero-order valence-electron chi connectivity index (χ0n) is 17.4. The Kier molecular flexibility index (Phi) is 5.47. The summed E-state index contributed by atoms with van der Waals surface area (Å²) in [5, 5.41) is 4.30. The molecule has 0 atom stereocenters. The monoisotopic (exact) mass is 392 g/mol. The van der Waals surface area contributed by atoms with Crippen LogP contribution >= 0.6 is 0 Å². The molecule has 0 N–H and O–H groups in total. The van der Waals surface area contributed by atoms with Gasteiger partial charge in [-0.2, -0.15) is 5.10 Å². The fourth-order valence-electron chi connectivity index (χ4n) is 4.18. The van der Waals surface area contributed by atoms with E-state index in [4.69, 9.17) is 0 Å². The Morgan fingerprint density at radius 2 is 2.00 bits per heavy atom. The largest absolute Gasteiger partial charge is 0.337 e. The Hall–Kier alpha value is -2.96. The van der Waals surface area contributed by atoms with E-state index >= 15 is 0 Å². The van der Waals surface area contributed by atoms with Crippen LogP contribution in [0, 0.1) is 19.8 Å². The molecule has 29 heavy (non-hydrogen) atoms. The fraction of sp³-hybridized carbons (Fsp3) is 0.455. The van der Waals surface area contributed by atoms with Crippen molar-refractivity contribution in [1.29, 1.82) is 0 Å². The quantitative estimate of drug-likeness (QED) is 0.668. The van der Waals surface area contributed by atoms with Gasteiger partial charge in [0.15, 0.2) is 0 Å². The van der Waals surface area contributed by atoms with Gasteiger partial charge in [-0.3, -0.25) is 14.5 Å². The molecule has 3 aromatic rings. The smallest absolute Gasteiger partial charge is 0.272 e. The van der Waals surface area contributed by atoms with E-state index in [0.29, 0.717) is 11.6 Å². The molecule has 0 bridgehead atoms. The van der Waals surface area contributed by atoms with Gasteiger partial charge in [0.1, 0.15) is 11.5 Å². The number of likely N-dealkylation sites (tertiary alicyclic amines) is 1. The molecule has 0 spiro atoms. The first-order valence-electron chi connectivity index (χ1n) is 10.3. The van der Waals surface area contributed by atoms with E-state index in [0.717, 1.165) is 56.0 Å². The van der Waals surface area contributed by atoms with E-state index in [9.17, 15) is 4.79 Å². The van der Waals surface area contributed by atoms with Crippen molar-refractivity contribution in [2.45, 2.75) is 39.7 Å². The van der Waals surface area contributed by atoms with E-state index in [1.807, 2.05) is 43.4 Å². The SMILES string of the molecule is Cc1cc(C(=O)N2CCC(CCn3c(C)cnc3-c3cccnc3)CC2)n(C)n1. The third-order valence-electron chi connectivity index (χ3n) is 5.86. The van der Waals surface area contributed by atoms with Crippen molar-refractivity contribution in [1.82, 2.24) is 29.2 Å². The summed E-state index contributed by atoms with van der Waals surface area (Å²) < 4.78 is 3.97. The van der Waals surface area contributed by atoms with Crippen LogP contribution in [0.15, 0.2) is 36.8 Å². The second-order valence-electron chi connectivity index (χ2n) is 7.94. The number of piperidine rings is 1. The second-order valence-corrected chi connectivity index (χ2v) is 7.94. The van der Waals surface area contributed by atoms with Crippen molar-refractivity contribution in [2.24, 2.45) is 13.0 Å². The number of nitrogens with zero attached hydrogens (tertiary/aromatic N) is 6. The molecule has 0 aromatic carbocycles. The lowest BCUT2D eigenvalue weighted by atomic mass is 9.93. The van der Waals surface area contributed by atoms with Crippen LogP contribution in [0.5, 0.6) is 0 Å². The van der Waals surface area contributed by atoms with Crippen LogP contribution in [0.1, 0.15) is 41.1 Å². The summed E-state index contributed by atoms with van der Waals surface area (Å²) in [5.41, 5.74) is 3.78. The summed E-state index contributed by atoms with van der Waals surface area (Å²) in [6, 6.07) is 5.87. The van der Waals surface area contributed by atoms with Crippen molar-refractivity contribution in [3.8, 4) is 11.4 Å². The summed E-state index contributed by atoms with van der Waals surface area (Å²) >= 11 is 0. The van der Waals surface area contributed by atoms with Gasteiger partial charge < -0.3 is 9.47 Å². The minimum Gasteiger partial charge on any atom is -0.337 e. The lowest BCUT2D eigenvalue weighted by Gasteiger charge is -2.32. The lowest BCUT2D eigenvalue weighted by molar-refractivity contribution is 0.0674. The molecule has 7 nitrogen and oxygen atoms in total. The summed E-state index contributed by atoms with van der Waals surface area (Å²) in [5.74, 6) is 1.70. The number of carbonyl (C=O) groups is 1. The minimum atomic E-state index is 0.0934. The normalized spacial score (nSPS) is 15.1. The number of rotatable bonds is 5. The maximum atomic E-state index is 12.8. The number of carbonyl (C=O) groups excluding carboxylic acids is 1. The Morgan fingerprint density at radius 1 is 1.21 bits per heavy atom. The van der Waals surface area contributed by atoms with E-state index < -0.39 is 0 Å². The molecule has 0 unspecified atom stereocenters. The molecule has 152 valence electrons. The molecule has 7 heteroatoms. The van der Waals surface area contributed by atoms with E-state index in [2.05, 4.69) is 32.6 Å². The molecule has 3 aromatic heterocycles. The average Bonchev–Trinajstić information content (AvgIpc) is 3.28. The fourth-order valence-corrected chi connectivity index (χ4v) is 4.18. The Labute approximate surface area is 171 Å². The third kappa shape index (κ3) is 4.09. The number of amides is 1. The summed E-state index contributed by atoms with van der Waals surface area (Å²) in [7, 11) is 1.83. The molecule has 1 aliphatic rings. The zero-order valence-corrected chi connectivity index (χ0v) is 17.4. The van der Waals surface area contributed by atoms with Gasteiger partial charge in [0.05, 0.1) is 5.69 Å². The van der Waals surface area contributed by atoms with Gasteiger partial charge in [-0.1, -0.05) is 0 Å². The molecule has 0 radical (unpaired) electrons. The average molecular weight is 393 g/mol. The van der Waals surface area contributed by atoms with Gasteiger partial charge in [-0.15, -0.1) is 0 Å². The number of hydrogen-bond acceptors (Lipinski definition) is 4. The molecule has 0 saturated carbocycles. The predicted molar refractivity (Wildman–Crippen MR) is 111 cm³/mol. The number of aromatic nitrogens is 5. The second kappa shape index (κ2) is 8.19. The summed E-state index contributed by atoms with van der Waals surface area (Å²) in [4.78, 5) is 23.6. The van der Waals surface area contributed by atoms with Crippen LogP contribution < -0.4 is 0 Å². The van der Waals surface area contributed by atoms with Crippen LogP contribution in [-0.4, -0.2) is 48.2 Å². The van der Waals surface area contributed by atoms with Crippen molar-refractivity contribution < 1.29 is 4.79 Å². The molecule has 1 aliphatic heterocycles. The molecular formula is C22H28N6O. The first kappa shape index (κ1) is 19.4. The Bertz CT molecular complexity index is 982. The van der Waals surface area contributed by atoms with Gasteiger partial charge in [-0.05, 0) is 57.2 Å². The highest BCUT2D eigenvalue weighted by atomic mass is 16.2. The summed E-state index contributed by atoms with van der Waals surface area (Å²) in [6.07, 6.45) is 8.75. The highest BCUT2D eigenvalue weighted by molar-refractivity contribution is 5.92. The molecular weight excluding hydrogens is 364 g/mol. The number of pyridine rings is 1. The maximum absolute atomic E-state index is 12.8. The highest BCUT2D eigenvalue weighted by Gasteiger charge is 2.25. The van der Waals surface area contributed by atoms with Crippen molar-refractivity contribution in [2.75, 3.05) is 13.1 Å². The number of imidazole rings is 1. The molecule has 1 amide bonds. The van der Waals surface area contributed by atoms with Gasteiger partial charge in [-0.25, -0.2) is 4.98 Å². The van der Waals surface area contributed by atoms with Crippen molar-refractivity contribution in [3.05, 3.63) is 53.9 Å². The highest BCUT2D eigenvalue weighted by Crippen LogP contribution is 2.25. The first-order chi connectivity index (χ1) is 14.0. The third-order valence-corrected chi connectivity index (χ3v) is 5.86. The van der Waals surface area contributed by atoms with Crippen LogP contribution in [0.2, 0.25) is 0 Å². The topological polar surface area (TPSA) is 68.8 Å².